The summed E-state index contributed by atoms with van der Waals surface area (Å²) in [5.74, 6) is 0.0277. The normalized spacial score (nSPS) is 16.7. The highest BCUT2D eigenvalue weighted by molar-refractivity contribution is 5.80. The van der Waals surface area contributed by atoms with Gasteiger partial charge in [0.2, 0.25) is 5.91 Å². The highest BCUT2D eigenvalue weighted by Crippen LogP contribution is 2.22. The SMILES string of the molecule is CC(C)(C)OC(=O)NCCCCCCc1ccc(-c2cn(C3CCCCNC3=O)nn2)cc1. The highest BCUT2D eigenvalue weighted by Gasteiger charge is 2.23. The molecule has 180 valence electrons. The third-order valence-corrected chi connectivity index (χ3v) is 5.65. The lowest BCUT2D eigenvalue weighted by molar-refractivity contribution is -0.124. The number of aryl methyl sites for hydroxylation is 1. The molecule has 1 fully saturated rings. The zero-order valence-corrected chi connectivity index (χ0v) is 20.1. The molecule has 8 heteroatoms. The highest BCUT2D eigenvalue weighted by atomic mass is 16.6. The van der Waals surface area contributed by atoms with E-state index in [1.54, 1.807) is 4.68 Å². The molecule has 0 saturated carbocycles. The number of aromatic nitrogens is 3. The van der Waals surface area contributed by atoms with Crippen molar-refractivity contribution in [3.63, 3.8) is 0 Å². The lowest BCUT2D eigenvalue weighted by Crippen LogP contribution is -2.32. The second-order valence-corrected chi connectivity index (χ2v) is 9.68. The van der Waals surface area contributed by atoms with Crippen LogP contribution < -0.4 is 10.6 Å². The van der Waals surface area contributed by atoms with E-state index < -0.39 is 5.60 Å². The predicted molar refractivity (Wildman–Crippen MR) is 128 cm³/mol. The Bertz CT molecular complexity index is 902. The number of alkyl carbamates (subject to hydrolysis) is 1. The van der Waals surface area contributed by atoms with Crippen LogP contribution in [0.5, 0.6) is 0 Å². The Balaban J connectivity index is 1.37. The topological polar surface area (TPSA) is 98.1 Å². The van der Waals surface area contributed by atoms with Gasteiger partial charge in [-0.1, -0.05) is 42.3 Å². The average Bonchev–Trinajstić information content (AvgIpc) is 3.14. The van der Waals surface area contributed by atoms with E-state index in [1.165, 1.54) is 5.56 Å². The van der Waals surface area contributed by atoms with E-state index in [0.29, 0.717) is 6.54 Å². The van der Waals surface area contributed by atoms with E-state index in [-0.39, 0.29) is 18.0 Å². The monoisotopic (exact) mass is 455 g/mol. The smallest absolute Gasteiger partial charge is 0.407 e. The van der Waals surface area contributed by atoms with E-state index in [4.69, 9.17) is 4.74 Å². The summed E-state index contributed by atoms with van der Waals surface area (Å²) < 4.78 is 6.93. The minimum atomic E-state index is -0.457. The van der Waals surface area contributed by atoms with E-state index >= 15 is 0 Å². The molecule has 0 spiro atoms. The fourth-order valence-corrected chi connectivity index (χ4v) is 3.89. The van der Waals surface area contributed by atoms with Crippen LogP contribution in [0.1, 0.15) is 77.3 Å². The molecule has 0 aliphatic carbocycles. The molecule has 2 amide bonds. The first-order valence-electron chi connectivity index (χ1n) is 12.1. The van der Waals surface area contributed by atoms with Crippen molar-refractivity contribution >= 4 is 12.0 Å². The van der Waals surface area contributed by atoms with Crippen LogP contribution in [-0.4, -0.2) is 45.7 Å². The number of carbonyl (C=O) groups excluding carboxylic acids is 2. The average molecular weight is 456 g/mol. The minimum absolute atomic E-state index is 0.0277. The molecular formula is C25H37N5O3. The molecule has 1 unspecified atom stereocenters. The summed E-state index contributed by atoms with van der Waals surface area (Å²) in [7, 11) is 0. The minimum Gasteiger partial charge on any atom is -0.444 e. The standard InChI is InChI=1S/C25H37N5O3/c1-25(2,3)33-24(32)27-17-8-5-4-6-10-19-12-14-20(15-13-19)21-18-30(29-28-21)22-11-7-9-16-26-23(22)31/h12-15,18,22H,4-11,16-17H2,1-3H3,(H,26,31)(H,27,32). The molecule has 1 aromatic heterocycles. The van der Waals surface area contributed by atoms with Crippen LogP contribution in [0.3, 0.4) is 0 Å². The lowest BCUT2D eigenvalue weighted by atomic mass is 10.0. The Morgan fingerprint density at radius 2 is 1.91 bits per heavy atom. The van der Waals surface area contributed by atoms with Crippen molar-refractivity contribution in [3.8, 4) is 11.3 Å². The Morgan fingerprint density at radius 3 is 2.67 bits per heavy atom. The number of nitrogens with zero attached hydrogens (tertiary/aromatic N) is 3. The first-order valence-corrected chi connectivity index (χ1v) is 12.1. The number of ether oxygens (including phenoxy) is 1. The van der Waals surface area contributed by atoms with Gasteiger partial charge in [-0.05, 0) is 64.9 Å². The van der Waals surface area contributed by atoms with E-state index in [2.05, 4.69) is 45.2 Å². The van der Waals surface area contributed by atoms with Crippen LogP contribution >= 0.6 is 0 Å². The number of hydrogen-bond acceptors (Lipinski definition) is 5. The largest absolute Gasteiger partial charge is 0.444 e. The molecule has 0 bridgehead atoms. The number of hydrogen-bond donors (Lipinski definition) is 2. The molecule has 1 atom stereocenters. The van der Waals surface area contributed by atoms with Crippen molar-refractivity contribution in [1.82, 2.24) is 25.6 Å². The molecule has 1 aliphatic rings. The van der Waals surface area contributed by atoms with Gasteiger partial charge in [-0.3, -0.25) is 4.79 Å². The Kier molecular flexibility index (Phi) is 8.86. The van der Waals surface area contributed by atoms with Crippen LogP contribution in [0.15, 0.2) is 30.5 Å². The maximum atomic E-state index is 12.2. The molecular weight excluding hydrogens is 418 g/mol. The molecule has 3 rings (SSSR count). The molecule has 33 heavy (non-hydrogen) atoms. The summed E-state index contributed by atoms with van der Waals surface area (Å²) in [6, 6.07) is 8.14. The Morgan fingerprint density at radius 1 is 1.15 bits per heavy atom. The third kappa shape index (κ3) is 8.18. The van der Waals surface area contributed by atoms with Gasteiger partial charge in [0.15, 0.2) is 0 Å². The molecule has 2 heterocycles. The maximum Gasteiger partial charge on any atom is 0.407 e. The van der Waals surface area contributed by atoms with Crippen molar-refractivity contribution in [1.29, 1.82) is 0 Å². The molecule has 1 aliphatic heterocycles. The fraction of sp³-hybridized carbons (Fsp3) is 0.600. The first kappa shape index (κ1) is 24.7. The third-order valence-electron chi connectivity index (χ3n) is 5.65. The summed E-state index contributed by atoms with van der Waals surface area (Å²) in [5.41, 5.74) is 2.63. The summed E-state index contributed by atoms with van der Waals surface area (Å²) in [6.07, 6.45) is 9.62. The Labute approximate surface area is 196 Å². The van der Waals surface area contributed by atoms with Crippen LogP contribution in [0.25, 0.3) is 11.3 Å². The van der Waals surface area contributed by atoms with Crippen LogP contribution in [0, 0.1) is 0 Å². The van der Waals surface area contributed by atoms with Crippen molar-refractivity contribution < 1.29 is 14.3 Å². The van der Waals surface area contributed by atoms with Gasteiger partial charge in [0.25, 0.3) is 0 Å². The number of unbranched alkanes of at least 4 members (excludes halogenated alkanes) is 3. The summed E-state index contributed by atoms with van der Waals surface area (Å²) >= 11 is 0. The van der Waals surface area contributed by atoms with Gasteiger partial charge in [0, 0.05) is 18.7 Å². The number of nitrogens with one attached hydrogen (secondary N) is 2. The zero-order valence-electron chi connectivity index (χ0n) is 20.1. The van der Waals surface area contributed by atoms with E-state index in [9.17, 15) is 9.59 Å². The number of carbonyl (C=O) groups is 2. The predicted octanol–water partition coefficient (Wildman–Crippen LogP) is 4.41. The number of amides is 2. The maximum absolute atomic E-state index is 12.2. The van der Waals surface area contributed by atoms with Crippen LogP contribution in [0.4, 0.5) is 4.79 Å². The fourth-order valence-electron chi connectivity index (χ4n) is 3.89. The van der Waals surface area contributed by atoms with Gasteiger partial charge in [-0.15, -0.1) is 5.10 Å². The molecule has 8 nitrogen and oxygen atoms in total. The van der Waals surface area contributed by atoms with Gasteiger partial charge in [0.05, 0.1) is 6.20 Å². The van der Waals surface area contributed by atoms with Gasteiger partial charge in [0.1, 0.15) is 17.3 Å². The molecule has 1 saturated heterocycles. The first-order chi connectivity index (χ1) is 15.8. The van der Waals surface area contributed by atoms with Gasteiger partial charge >= 0.3 is 6.09 Å². The quantitative estimate of drug-likeness (QED) is 0.546. The second kappa shape index (κ2) is 11.8. The van der Waals surface area contributed by atoms with Crippen molar-refractivity contribution in [2.75, 3.05) is 13.1 Å². The summed E-state index contributed by atoms with van der Waals surface area (Å²) in [4.78, 5) is 23.9. The Hall–Kier alpha value is -2.90. The van der Waals surface area contributed by atoms with Gasteiger partial charge < -0.3 is 15.4 Å². The van der Waals surface area contributed by atoms with Crippen LogP contribution in [-0.2, 0) is 16.0 Å². The molecule has 1 aromatic carbocycles. The van der Waals surface area contributed by atoms with E-state index in [0.717, 1.165) is 69.2 Å². The second-order valence-electron chi connectivity index (χ2n) is 9.68. The van der Waals surface area contributed by atoms with Crippen molar-refractivity contribution in [3.05, 3.63) is 36.0 Å². The number of rotatable bonds is 9. The van der Waals surface area contributed by atoms with Gasteiger partial charge in [-0.2, -0.15) is 0 Å². The van der Waals surface area contributed by atoms with Crippen molar-refractivity contribution in [2.45, 2.75) is 83.8 Å². The van der Waals surface area contributed by atoms with Crippen LogP contribution in [0.2, 0.25) is 0 Å². The molecule has 2 aromatic rings. The van der Waals surface area contributed by atoms with Gasteiger partial charge in [-0.25, -0.2) is 9.48 Å². The van der Waals surface area contributed by atoms with Crippen molar-refractivity contribution in [2.24, 2.45) is 0 Å². The number of benzene rings is 1. The molecule has 2 N–H and O–H groups in total. The lowest BCUT2D eigenvalue weighted by Gasteiger charge is -2.19. The molecule has 0 radical (unpaired) electrons. The zero-order chi connectivity index (χ0) is 23.7. The van der Waals surface area contributed by atoms with E-state index in [1.807, 2.05) is 27.0 Å². The summed E-state index contributed by atoms with van der Waals surface area (Å²) in [6.45, 7) is 6.97. The summed E-state index contributed by atoms with van der Waals surface area (Å²) in [5, 5.41) is 14.3.